The molecule has 1 aliphatic heterocycles. The molecule has 4 rings (SSSR count). The van der Waals surface area contributed by atoms with Crippen molar-refractivity contribution >= 4 is 5.91 Å². The number of benzene rings is 1. The lowest BCUT2D eigenvalue weighted by Gasteiger charge is -2.25. The van der Waals surface area contributed by atoms with E-state index in [0.717, 1.165) is 5.56 Å². The summed E-state index contributed by atoms with van der Waals surface area (Å²) in [5, 5.41) is 11.2. The van der Waals surface area contributed by atoms with Gasteiger partial charge in [0, 0.05) is 37.0 Å². The second-order valence-electron chi connectivity index (χ2n) is 7.79. The molecule has 3 aromatic rings. The van der Waals surface area contributed by atoms with E-state index in [2.05, 4.69) is 15.5 Å². The van der Waals surface area contributed by atoms with E-state index in [1.165, 1.54) is 27.7 Å². The molecule has 0 bridgehead atoms. The number of rotatable bonds is 7. The minimum Gasteiger partial charge on any atom is -0.454 e. The van der Waals surface area contributed by atoms with Crippen molar-refractivity contribution in [2.45, 2.75) is 32.4 Å². The molecule has 0 saturated carbocycles. The van der Waals surface area contributed by atoms with Gasteiger partial charge in [0.2, 0.25) is 12.7 Å². The van der Waals surface area contributed by atoms with Gasteiger partial charge >= 0.3 is 0 Å². The highest BCUT2D eigenvalue weighted by Crippen LogP contribution is 2.35. The van der Waals surface area contributed by atoms with Crippen LogP contribution in [0.4, 0.5) is 0 Å². The number of fused-ring (bicyclic) bond motifs is 1. The highest BCUT2D eigenvalue weighted by molar-refractivity contribution is 5.83. The smallest absolute Gasteiger partial charge is 0.267 e. The maximum atomic E-state index is 12.9. The first kappa shape index (κ1) is 21.3. The van der Waals surface area contributed by atoms with Gasteiger partial charge in [-0.2, -0.15) is 10.2 Å². The number of aryl methyl sites for hydroxylation is 1. The lowest BCUT2D eigenvalue weighted by atomic mass is 10.0. The molecule has 0 radical (unpaired) electrons. The Hall–Kier alpha value is -3.95. The van der Waals surface area contributed by atoms with Crippen LogP contribution in [0.25, 0.3) is 11.3 Å². The van der Waals surface area contributed by atoms with Crippen LogP contribution in [0.15, 0.2) is 58.3 Å². The number of hydrogen-bond donors (Lipinski definition) is 1. The van der Waals surface area contributed by atoms with Crippen molar-refractivity contribution in [2.75, 3.05) is 13.3 Å². The average molecular weight is 437 g/mol. The molecule has 1 aromatic carbocycles. The largest absolute Gasteiger partial charge is 0.454 e. The predicted molar refractivity (Wildman–Crippen MR) is 116 cm³/mol. The average Bonchev–Trinajstić information content (AvgIpc) is 3.25. The van der Waals surface area contributed by atoms with Gasteiger partial charge in [-0.15, -0.1) is 0 Å². The highest BCUT2D eigenvalue weighted by Gasteiger charge is 2.32. The van der Waals surface area contributed by atoms with E-state index in [0.29, 0.717) is 36.7 Å². The topological polar surface area (TPSA) is 117 Å². The van der Waals surface area contributed by atoms with Crippen LogP contribution in [0.2, 0.25) is 0 Å². The quantitative estimate of drug-likeness (QED) is 0.551. The number of hydrogen-bond acceptors (Lipinski definition) is 7. The fourth-order valence-electron chi connectivity index (χ4n) is 3.32. The van der Waals surface area contributed by atoms with Crippen LogP contribution in [0.5, 0.6) is 11.5 Å². The predicted octanol–water partition coefficient (Wildman–Crippen LogP) is 1.14. The standard InChI is InChI=1S/C22H23N5O5/c1-22(2,21(30)23-10-4-12-26-19(28)5-3-11-24-26)27-20(29)9-7-16(25-27)15-6-8-17-18(13-15)32-14-31-17/h3,5-9,11,13H,4,10,12,14H2,1-2H3,(H,23,30). The van der Waals surface area contributed by atoms with E-state index in [1.54, 1.807) is 38.1 Å². The Morgan fingerprint density at radius 2 is 1.91 bits per heavy atom. The lowest BCUT2D eigenvalue weighted by molar-refractivity contribution is -0.129. The third-order valence-electron chi connectivity index (χ3n) is 5.17. The number of amides is 1. The van der Waals surface area contributed by atoms with Gasteiger partial charge in [-0.25, -0.2) is 9.36 Å². The summed E-state index contributed by atoms with van der Waals surface area (Å²) in [7, 11) is 0. The van der Waals surface area contributed by atoms with Crippen molar-refractivity contribution in [3.63, 3.8) is 0 Å². The number of aromatic nitrogens is 4. The number of nitrogens with zero attached hydrogens (tertiary/aromatic N) is 4. The maximum absolute atomic E-state index is 12.9. The van der Waals surface area contributed by atoms with Gasteiger partial charge in [-0.3, -0.25) is 14.4 Å². The summed E-state index contributed by atoms with van der Waals surface area (Å²) in [5.41, 5.74) is -0.561. The summed E-state index contributed by atoms with van der Waals surface area (Å²) in [6.07, 6.45) is 2.05. The van der Waals surface area contributed by atoms with Gasteiger partial charge in [-0.1, -0.05) is 0 Å². The molecule has 2 aromatic heterocycles. The zero-order chi connectivity index (χ0) is 22.7. The van der Waals surface area contributed by atoms with Gasteiger partial charge in [0.25, 0.3) is 11.1 Å². The van der Waals surface area contributed by atoms with Crippen molar-refractivity contribution < 1.29 is 14.3 Å². The summed E-state index contributed by atoms with van der Waals surface area (Å²) >= 11 is 0. The Bertz CT molecular complexity index is 1260. The van der Waals surface area contributed by atoms with Crippen LogP contribution in [0.3, 0.4) is 0 Å². The summed E-state index contributed by atoms with van der Waals surface area (Å²) in [4.78, 5) is 37.1. The number of carbonyl (C=O) groups excluding carboxylic acids is 1. The lowest BCUT2D eigenvalue weighted by Crippen LogP contribution is -2.50. The molecular weight excluding hydrogens is 414 g/mol. The Balaban J connectivity index is 1.47. The fourth-order valence-corrected chi connectivity index (χ4v) is 3.32. The van der Waals surface area contributed by atoms with Gasteiger partial charge in [0.1, 0.15) is 5.54 Å². The van der Waals surface area contributed by atoms with Gasteiger partial charge < -0.3 is 14.8 Å². The number of ether oxygens (including phenoxy) is 2. The van der Waals surface area contributed by atoms with E-state index >= 15 is 0 Å². The second kappa shape index (κ2) is 8.66. The summed E-state index contributed by atoms with van der Waals surface area (Å²) in [5.74, 6) is 0.893. The number of carbonyl (C=O) groups is 1. The van der Waals surface area contributed by atoms with E-state index in [1.807, 2.05) is 6.07 Å². The van der Waals surface area contributed by atoms with E-state index < -0.39 is 11.1 Å². The van der Waals surface area contributed by atoms with E-state index in [9.17, 15) is 14.4 Å². The van der Waals surface area contributed by atoms with Crippen molar-refractivity contribution in [1.82, 2.24) is 24.9 Å². The molecule has 32 heavy (non-hydrogen) atoms. The summed E-state index contributed by atoms with van der Waals surface area (Å²) in [6, 6.07) is 11.4. The van der Waals surface area contributed by atoms with E-state index in [4.69, 9.17) is 9.47 Å². The van der Waals surface area contributed by atoms with Gasteiger partial charge in [-0.05, 0) is 50.6 Å². The normalized spacial score (nSPS) is 12.6. The Morgan fingerprint density at radius 3 is 2.72 bits per heavy atom. The molecule has 3 heterocycles. The molecule has 1 aliphatic rings. The molecular formula is C22H23N5O5. The zero-order valence-corrected chi connectivity index (χ0v) is 17.8. The van der Waals surface area contributed by atoms with Gasteiger partial charge in [0.15, 0.2) is 11.5 Å². The first-order chi connectivity index (χ1) is 15.4. The van der Waals surface area contributed by atoms with Crippen LogP contribution in [-0.4, -0.2) is 38.8 Å². The Labute approximate surface area is 183 Å². The molecule has 10 heteroatoms. The Morgan fingerprint density at radius 1 is 1.09 bits per heavy atom. The molecule has 0 fully saturated rings. The third kappa shape index (κ3) is 4.25. The van der Waals surface area contributed by atoms with Crippen molar-refractivity contribution in [3.8, 4) is 22.8 Å². The molecule has 1 amide bonds. The SMILES string of the molecule is CC(C)(C(=O)NCCCn1ncccc1=O)n1nc(-c2ccc3c(c2)OCO3)ccc1=O. The molecule has 0 aliphatic carbocycles. The molecule has 0 spiro atoms. The molecule has 1 N–H and O–H groups in total. The van der Waals surface area contributed by atoms with Crippen LogP contribution in [0.1, 0.15) is 20.3 Å². The van der Waals surface area contributed by atoms with Crippen molar-refractivity contribution in [2.24, 2.45) is 0 Å². The summed E-state index contributed by atoms with van der Waals surface area (Å²) in [6.45, 7) is 4.11. The molecule has 166 valence electrons. The maximum Gasteiger partial charge on any atom is 0.267 e. The summed E-state index contributed by atoms with van der Waals surface area (Å²) < 4.78 is 13.2. The Kier molecular flexibility index (Phi) is 5.76. The van der Waals surface area contributed by atoms with Crippen LogP contribution < -0.4 is 25.9 Å². The number of nitrogens with one attached hydrogen (secondary N) is 1. The molecule has 0 unspecified atom stereocenters. The molecule has 0 atom stereocenters. The van der Waals surface area contributed by atoms with Crippen molar-refractivity contribution in [3.05, 3.63) is 69.4 Å². The second-order valence-corrected chi connectivity index (χ2v) is 7.79. The highest BCUT2D eigenvalue weighted by atomic mass is 16.7. The minimum atomic E-state index is -1.23. The van der Waals surface area contributed by atoms with Crippen LogP contribution >= 0.6 is 0 Å². The first-order valence-electron chi connectivity index (χ1n) is 10.2. The van der Waals surface area contributed by atoms with E-state index in [-0.39, 0.29) is 18.3 Å². The zero-order valence-electron chi connectivity index (χ0n) is 17.8. The van der Waals surface area contributed by atoms with Crippen molar-refractivity contribution in [1.29, 1.82) is 0 Å². The fraction of sp³-hybridized carbons (Fsp3) is 0.318. The molecule has 0 saturated heterocycles. The van der Waals surface area contributed by atoms with Crippen LogP contribution in [0, 0.1) is 0 Å². The monoisotopic (exact) mass is 437 g/mol. The molecule has 10 nitrogen and oxygen atoms in total. The van der Waals surface area contributed by atoms with Gasteiger partial charge in [0.05, 0.1) is 5.69 Å². The minimum absolute atomic E-state index is 0.161. The third-order valence-corrected chi connectivity index (χ3v) is 5.17. The van der Waals surface area contributed by atoms with Crippen LogP contribution in [-0.2, 0) is 16.9 Å². The first-order valence-corrected chi connectivity index (χ1v) is 10.2.